The number of hydrogen-bond acceptors (Lipinski definition) is 3. The molecule has 0 saturated heterocycles. The van der Waals surface area contributed by atoms with E-state index in [1.165, 1.54) is 6.42 Å². The van der Waals surface area contributed by atoms with E-state index in [4.69, 9.17) is 5.73 Å². The highest BCUT2D eigenvalue weighted by atomic mass is 16.2. The van der Waals surface area contributed by atoms with Crippen LogP contribution >= 0.6 is 0 Å². The predicted molar refractivity (Wildman–Crippen MR) is 65.5 cm³/mol. The molecule has 1 fully saturated rings. The molecule has 0 bridgehead atoms. The lowest BCUT2D eigenvalue weighted by molar-refractivity contribution is 0.0807. The maximum atomic E-state index is 12.0. The highest BCUT2D eigenvalue weighted by molar-refractivity contribution is 5.92. The minimum Gasteiger partial charge on any atom is -0.344 e. The summed E-state index contributed by atoms with van der Waals surface area (Å²) in [6.45, 7) is 2.66. The number of aromatic amines is 1. The summed E-state index contributed by atoms with van der Waals surface area (Å²) in [6, 6.07) is 1.67. The summed E-state index contributed by atoms with van der Waals surface area (Å²) in [5.74, 6) is 0.315. The maximum absolute atomic E-state index is 12.0. The SMILES string of the molecule is CC1CCCCC1(CN)NC(=O)c1ccn[nH]1. The number of nitrogens with zero attached hydrogens (tertiary/aromatic N) is 1. The highest BCUT2D eigenvalue weighted by Crippen LogP contribution is 2.33. The van der Waals surface area contributed by atoms with Gasteiger partial charge in [0, 0.05) is 12.7 Å². The van der Waals surface area contributed by atoms with Gasteiger partial charge in [-0.2, -0.15) is 5.10 Å². The molecule has 0 spiro atoms. The molecule has 94 valence electrons. The Morgan fingerprint density at radius 2 is 2.53 bits per heavy atom. The molecule has 0 aromatic carbocycles. The van der Waals surface area contributed by atoms with Gasteiger partial charge in [0.15, 0.2) is 0 Å². The normalized spacial score (nSPS) is 28.9. The second-order valence-corrected chi connectivity index (χ2v) is 4.93. The van der Waals surface area contributed by atoms with Crippen molar-refractivity contribution in [2.75, 3.05) is 6.54 Å². The van der Waals surface area contributed by atoms with Crippen LogP contribution in [-0.4, -0.2) is 28.2 Å². The number of nitrogens with two attached hydrogens (primary N) is 1. The van der Waals surface area contributed by atoms with Crippen molar-refractivity contribution in [3.8, 4) is 0 Å². The Hall–Kier alpha value is -1.36. The van der Waals surface area contributed by atoms with Gasteiger partial charge in [-0.1, -0.05) is 19.8 Å². The lowest BCUT2D eigenvalue weighted by atomic mass is 9.73. The Balaban J connectivity index is 2.11. The summed E-state index contributed by atoms with van der Waals surface area (Å²) in [4.78, 5) is 12.0. The van der Waals surface area contributed by atoms with E-state index < -0.39 is 0 Å². The van der Waals surface area contributed by atoms with E-state index in [0.29, 0.717) is 18.2 Å². The van der Waals surface area contributed by atoms with Gasteiger partial charge in [-0.05, 0) is 24.8 Å². The Morgan fingerprint density at radius 3 is 3.12 bits per heavy atom. The van der Waals surface area contributed by atoms with E-state index in [1.54, 1.807) is 12.3 Å². The van der Waals surface area contributed by atoms with Gasteiger partial charge in [-0.25, -0.2) is 0 Å². The predicted octanol–water partition coefficient (Wildman–Crippen LogP) is 1.05. The monoisotopic (exact) mass is 236 g/mol. The first-order valence-corrected chi connectivity index (χ1v) is 6.20. The molecule has 2 atom stereocenters. The molecule has 1 amide bonds. The average Bonchev–Trinajstić information content (AvgIpc) is 2.86. The summed E-state index contributed by atoms with van der Waals surface area (Å²) in [5.41, 5.74) is 6.14. The lowest BCUT2D eigenvalue weighted by Crippen LogP contribution is -2.59. The number of aromatic nitrogens is 2. The van der Waals surface area contributed by atoms with E-state index in [0.717, 1.165) is 19.3 Å². The first-order valence-electron chi connectivity index (χ1n) is 6.20. The zero-order chi connectivity index (χ0) is 12.3. The molecule has 1 aromatic heterocycles. The van der Waals surface area contributed by atoms with Gasteiger partial charge in [0.2, 0.25) is 0 Å². The van der Waals surface area contributed by atoms with Crippen molar-refractivity contribution in [1.29, 1.82) is 0 Å². The molecule has 4 N–H and O–H groups in total. The molecule has 5 nitrogen and oxygen atoms in total. The molecular weight excluding hydrogens is 216 g/mol. The van der Waals surface area contributed by atoms with Crippen LogP contribution in [0.25, 0.3) is 0 Å². The van der Waals surface area contributed by atoms with Crippen molar-refractivity contribution in [3.05, 3.63) is 18.0 Å². The fourth-order valence-corrected chi connectivity index (χ4v) is 2.63. The van der Waals surface area contributed by atoms with Gasteiger partial charge in [0.1, 0.15) is 5.69 Å². The van der Waals surface area contributed by atoms with Crippen LogP contribution in [0, 0.1) is 5.92 Å². The largest absolute Gasteiger partial charge is 0.344 e. The quantitative estimate of drug-likeness (QED) is 0.733. The third kappa shape index (κ3) is 2.34. The number of rotatable bonds is 3. The van der Waals surface area contributed by atoms with Crippen LogP contribution in [0.1, 0.15) is 43.1 Å². The second-order valence-electron chi connectivity index (χ2n) is 4.93. The molecule has 5 heteroatoms. The molecule has 1 aliphatic carbocycles. The number of amides is 1. The average molecular weight is 236 g/mol. The Kier molecular flexibility index (Phi) is 3.47. The zero-order valence-electron chi connectivity index (χ0n) is 10.2. The molecule has 0 aliphatic heterocycles. The van der Waals surface area contributed by atoms with Gasteiger partial charge >= 0.3 is 0 Å². The van der Waals surface area contributed by atoms with Crippen molar-refractivity contribution < 1.29 is 4.79 Å². The number of carbonyl (C=O) groups excluding carboxylic acids is 1. The lowest BCUT2D eigenvalue weighted by Gasteiger charge is -2.42. The topological polar surface area (TPSA) is 83.8 Å². The minimum atomic E-state index is -0.250. The molecule has 1 aromatic rings. The van der Waals surface area contributed by atoms with Crippen LogP contribution in [0.3, 0.4) is 0 Å². The summed E-state index contributed by atoms with van der Waals surface area (Å²) >= 11 is 0. The van der Waals surface area contributed by atoms with Crippen LogP contribution < -0.4 is 11.1 Å². The molecule has 2 rings (SSSR count). The molecule has 1 aliphatic rings. The maximum Gasteiger partial charge on any atom is 0.269 e. The van der Waals surface area contributed by atoms with E-state index in [2.05, 4.69) is 22.4 Å². The second kappa shape index (κ2) is 4.87. The first-order chi connectivity index (χ1) is 8.18. The van der Waals surface area contributed by atoms with Gasteiger partial charge in [0.05, 0.1) is 5.54 Å². The number of H-pyrrole nitrogens is 1. The molecular formula is C12H20N4O. The molecule has 2 unspecified atom stereocenters. The summed E-state index contributed by atoms with van der Waals surface area (Å²) in [6.07, 6.45) is 6.02. The summed E-state index contributed by atoms with van der Waals surface area (Å²) < 4.78 is 0. The van der Waals surface area contributed by atoms with Crippen molar-refractivity contribution in [1.82, 2.24) is 15.5 Å². The standard InChI is InChI=1S/C12H20N4O/c1-9-4-2-3-6-12(9,8-13)15-11(17)10-5-7-14-16-10/h5,7,9H,2-4,6,8,13H2,1H3,(H,14,16)(H,15,17). The van der Waals surface area contributed by atoms with E-state index in [-0.39, 0.29) is 11.4 Å². The van der Waals surface area contributed by atoms with Crippen molar-refractivity contribution >= 4 is 5.91 Å². The summed E-state index contributed by atoms with van der Waals surface area (Å²) in [5, 5.41) is 9.57. The van der Waals surface area contributed by atoms with Crippen LogP contribution in [0.4, 0.5) is 0 Å². The fourth-order valence-electron chi connectivity index (χ4n) is 2.63. The smallest absolute Gasteiger partial charge is 0.269 e. The number of nitrogens with one attached hydrogen (secondary N) is 2. The van der Waals surface area contributed by atoms with Gasteiger partial charge in [-0.15, -0.1) is 0 Å². The zero-order valence-corrected chi connectivity index (χ0v) is 10.2. The van der Waals surface area contributed by atoms with Crippen LogP contribution in [0.5, 0.6) is 0 Å². The van der Waals surface area contributed by atoms with Gasteiger partial charge in [0.25, 0.3) is 5.91 Å². The van der Waals surface area contributed by atoms with E-state index in [1.807, 2.05) is 0 Å². The number of hydrogen-bond donors (Lipinski definition) is 3. The Bertz CT molecular complexity index is 376. The van der Waals surface area contributed by atoms with Crippen LogP contribution in [-0.2, 0) is 0 Å². The first kappa shape index (κ1) is 12.1. The van der Waals surface area contributed by atoms with Crippen molar-refractivity contribution in [2.45, 2.75) is 38.1 Å². The van der Waals surface area contributed by atoms with Crippen molar-refractivity contribution in [3.63, 3.8) is 0 Å². The Morgan fingerprint density at radius 1 is 1.71 bits per heavy atom. The highest BCUT2D eigenvalue weighted by Gasteiger charge is 2.38. The van der Waals surface area contributed by atoms with Gasteiger partial charge in [-0.3, -0.25) is 9.89 Å². The molecule has 1 saturated carbocycles. The Labute approximate surface area is 101 Å². The van der Waals surface area contributed by atoms with E-state index >= 15 is 0 Å². The summed E-state index contributed by atoms with van der Waals surface area (Å²) in [7, 11) is 0. The number of carbonyl (C=O) groups is 1. The fraction of sp³-hybridized carbons (Fsp3) is 0.667. The third-order valence-electron chi connectivity index (χ3n) is 3.93. The van der Waals surface area contributed by atoms with Crippen LogP contribution in [0.2, 0.25) is 0 Å². The van der Waals surface area contributed by atoms with Gasteiger partial charge < -0.3 is 11.1 Å². The van der Waals surface area contributed by atoms with Crippen LogP contribution in [0.15, 0.2) is 12.3 Å². The third-order valence-corrected chi connectivity index (χ3v) is 3.93. The van der Waals surface area contributed by atoms with E-state index in [9.17, 15) is 4.79 Å². The molecule has 17 heavy (non-hydrogen) atoms. The van der Waals surface area contributed by atoms with Crippen molar-refractivity contribution in [2.24, 2.45) is 11.7 Å². The minimum absolute atomic E-state index is 0.110. The molecule has 1 heterocycles. The molecule has 0 radical (unpaired) electrons.